The molecule has 5 heteroatoms. The van der Waals surface area contributed by atoms with Crippen molar-refractivity contribution in [3.05, 3.63) is 51.9 Å². The normalized spacial score (nSPS) is 21.2. The van der Waals surface area contributed by atoms with E-state index >= 15 is 0 Å². The number of thiophene rings is 1. The topological polar surface area (TPSA) is 50.2 Å². The van der Waals surface area contributed by atoms with Crippen molar-refractivity contribution in [1.82, 2.24) is 9.97 Å². The second-order valence-electron chi connectivity index (χ2n) is 6.82. The highest BCUT2D eigenvalue weighted by atomic mass is 32.1. The van der Waals surface area contributed by atoms with Crippen LogP contribution in [0.2, 0.25) is 0 Å². The van der Waals surface area contributed by atoms with Gasteiger partial charge < -0.3 is 9.88 Å². The standard InChI is InChI=1S/C19H21N3OS/c1-13-7-9-22(10-8-13)11-16-20-18(23)17-15(12-24-19(17)21-16)14-5-3-2-4-6-14/h2-6,12-13H,7-11H2,1H3,(H,20,21,23)/p+1. The number of fused-ring (bicyclic) bond motifs is 1. The number of aromatic nitrogens is 2. The number of nitrogens with zero attached hydrogens (tertiary/aromatic N) is 1. The Morgan fingerprint density at radius 3 is 2.75 bits per heavy atom. The Bertz CT molecular complexity index is 892. The minimum absolute atomic E-state index is 0.0140. The highest BCUT2D eigenvalue weighted by Gasteiger charge is 2.21. The molecule has 1 aliphatic rings. The van der Waals surface area contributed by atoms with E-state index in [-0.39, 0.29) is 5.56 Å². The van der Waals surface area contributed by atoms with Crippen molar-refractivity contribution in [1.29, 1.82) is 0 Å². The van der Waals surface area contributed by atoms with E-state index in [9.17, 15) is 4.79 Å². The zero-order valence-corrected chi connectivity index (χ0v) is 14.7. The van der Waals surface area contributed by atoms with Gasteiger partial charge in [0.25, 0.3) is 5.56 Å². The van der Waals surface area contributed by atoms with Gasteiger partial charge in [-0.3, -0.25) is 4.79 Å². The molecule has 1 saturated heterocycles. The molecule has 2 N–H and O–H groups in total. The molecule has 0 spiro atoms. The Hall–Kier alpha value is -1.98. The molecule has 2 aromatic heterocycles. The Kier molecular flexibility index (Phi) is 4.21. The molecule has 0 saturated carbocycles. The molecular formula is C19H22N3OS+. The maximum absolute atomic E-state index is 12.7. The largest absolute Gasteiger partial charge is 0.329 e. The van der Waals surface area contributed by atoms with Crippen LogP contribution in [0.1, 0.15) is 25.6 Å². The summed E-state index contributed by atoms with van der Waals surface area (Å²) in [6.07, 6.45) is 2.53. The van der Waals surface area contributed by atoms with Crippen molar-refractivity contribution in [2.75, 3.05) is 13.1 Å². The SMILES string of the molecule is CC1CC[NH+](Cc2nc3scc(-c4ccccc4)c3c(=O)[nH]2)CC1. The van der Waals surface area contributed by atoms with Crippen LogP contribution in [0.5, 0.6) is 0 Å². The molecule has 24 heavy (non-hydrogen) atoms. The van der Waals surface area contributed by atoms with Crippen molar-refractivity contribution in [2.24, 2.45) is 5.92 Å². The second-order valence-corrected chi connectivity index (χ2v) is 7.68. The van der Waals surface area contributed by atoms with Crippen LogP contribution in [0.3, 0.4) is 0 Å². The molecule has 3 heterocycles. The van der Waals surface area contributed by atoms with E-state index in [0.29, 0.717) is 0 Å². The van der Waals surface area contributed by atoms with Crippen LogP contribution in [0, 0.1) is 5.92 Å². The van der Waals surface area contributed by atoms with E-state index in [1.165, 1.54) is 30.8 Å². The van der Waals surface area contributed by atoms with Crippen molar-refractivity contribution >= 4 is 21.6 Å². The first-order chi connectivity index (χ1) is 11.7. The summed E-state index contributed by atoms with van der Waals surface area (Å²) < 4.78 is 0. The predicted molar refractivity (Wildman–Crippen MR) is 98.5 cm³/mol. The molecule has 3 aromatic rings. The number of aromatic amines is 1. The van der Waals surface area contributed by atoms with Crippen LogP contribution in [0.4, 0.5) is 0 Å². The van der Waals surface area contributed by atoms with Crippen LogP contribution < -0.4 is 10.5 Å². The highest BCUT2D eigenvalue weighted by molar-refractivity contribution is 7.17. The van der Waals surface area contributed by atoms with Gasteiger partial charge in [-0.05, 0) is 24.3 Å². The van der Waals surface area contributed by atoms with E-state index in [0.717, 1.165) is 39.6 Å². The van der Waals surface area contributed by atoms with Gasteiger partial charge in [-0.1, -0.05) is 37.3 Å². The van der Waals surface area contributed by atoms with E-state index in [1.54, 1.807) is 11.3 Å². The van der Waals surface area contributed by atoms with Gasteiger partial charge in [-0.15, -0.1) is 11.3 Å². The average Bonchev–Trinajstić information content (AvgIpc) is 3.02. The molecule has 1 aromatic carbocycles. The molecular weight excluding hydrogens is 318 g/mol. The minimum Gasteiger partial charge on any atom is -0.329 e. The van der Waals surface area contributed by atoms with Crippen molar-refractivity contribution in [3.63, 3.8) is 0 Å². The van der Waals surface area contributed by atoms with Crippen LogP contribution in [-0.4, -0.2) is 23.1 Å². The predicted octanol–water partition coefficient (Wildman–Crippen LogP) is 2.47. The number of hydrogen-bond acceptors (Lipinski definition) is 3. The van der Waals surface area contributed by atoms with Gasteiger partial charge in [-0.25, -0.2) is 4.98 Å². The number of H-pyrrole nitrogens is 1. The first kappa shape index (κ1) is 15.5. The third-order valence-corrected chi connectivity index (χ3v) is 5.85. The maximum Gasteiger partial charge on any atom is 0.260 e. The molecule has 0 amide bonds. The fourth-order valence-electron chi connectivity index (χ4n) is 3.49. The fourth-order valence-corrected chi connectivity index (χ4v) is 4.46. The lowest BCUT2D eigenvalue weighted by atomic mass is 9.99. The quantitative estimate of drug-likeness (QED) is 0.769. The zero-order valence-electron chi connectivity index (χ0n) is 13.8. The van der Waals surface area contributed by atoms with Crippen molar-refractivity contribution < 1.29 is 4.90 Å². The first-order valence-corrected chi connectivity index (χ1v) is 9.48. The van der Waals surface area contributed by atoms with Gasteiger partial charge in [0, 0.05) is 10.9 Å². The van der Waals surface area contributed by atoms with E-state index in [1.807, 2.05) is 35.7 Å². The molecule has 1 fully saturated rings. The summed E-state index contributed by atoms with van der Waals surface area (Å²) in [5.74, 6) is 1.65. The van der Waals surface area contributed by atoms with E-state index in [2.05, 4.69) is 11.9 Å². The van der Waals surface area contributed by atoms with E-state index < -0.39 is 0 Å². The molecule has 0 bridgehead atoms. The molecule has 4 rings (SSSR count). The lowest BCUT2D eigenvalue weighted by molar-refractivity contribution is -0.920. The summed E-state index contributed by atoms with van der Waals surface area (Å²) in [5, 5.41) is 2.76. The van der Waals surface area contributed by atoms with Crippen LogP contribution in [0.25, 0.3) is 21.3 Å². The van der Waals surface area contributed by atoms with Gasteiger partial charge >= 0.3 is 0 Å². The molecule has 0 atom stereocenters. The van der Waals surface area contributed by atoms with Crippen molar-refractivity contribution in [3.8, 4) is 11.1 Å². The average molecular weight is 340 g/mol. The maximum atomic E-state index is 12.7. The number of hydrogen-bond donors (Lipinski definition) is 2. The van der Waals surface area contributed by atoms with E-state index in [4.69, 9.17) is 4.98 Å². The number of quaternary nitrogens is 1. The Morgan fingerprint density at radius 1 is 1.25 bits per heavy atom. The first-order valence-electron chi connectivity index (χ1n) is 8.60. The summed E-state index contributed by atoms with van der Waals surface area (Å²) in [6.45, 7) is 5.47. The number of rotatable bonds is 3. The minimum atomic E-state index is -0.0140. The van der Waals surface area contributed by atoms with Crippen LogP contribution in [0.15, 0.2) is 40.5 Å². The zero-order chi connectivity index (χ0) is 16.5. The van der Waals surface area contributed by atoms with Gasteiger partial charge in [0.05, 0.1) is 18.5 Å². The van der Waals surface area contributed by atoms with Crippen molar-refractivity contribution in [2.45, 2.75) is 26.3 Å². The monoisotopic (exact) mass is 340 g/mol. The summed E-state index contributed by atoms with van der Waals surface area (Å²) in [7, 11) is 0. The third kappa shape index (κ3) is 3.01. The molecule has 0 aliphatic carbocycles. The number of nitrogens with one attached hydrogen (secondary N) is 2. The number of benzene rings is 1. The molecule has 124 valence electrons. The highest BCUT2D eigenvalue weighted by Crippen LogP contribution is 2.30. The number of likely N-dealkylation sites (tertiary alicyclic amines) is 1. The number of piperidine rings is 1. The Balaban J connectivity index is 1.65. The Morgan fingerprint density at radius 2 is 2.00 bits per heavy atom. The summed E-state index contributed by atoms with van der Waals surface area (Å²) in [5.41, 5.74) is 2.04. The van der Waals surface area contributed by atoms with Crippen LogP contribution >= 0.6 is 11.3 Å². The molecule has 4 nitrogen and oxygen atoms in total. The van der Waals surface area contributed by atoms with Gasteiger partial charge in [0.15, 0.2) is 5.82 Å². The summed E-state index contributed by atoms with van der Waals surface area (Å²) in [4.78, 5) is 22.8. The summed E-state index contributed by atoms with van der Waals surface area (Å²) >= 11 is 1.56. The van der Waals surface area contributed by atoms with Gasteiger partial charge in [-0.2, -0.15) is 0 Å². The molecule has 0 unspecified atom stereocenters. The molecule has 0 radical (unpaired) electrons. The van der Waals surface area contributed by atoms with Gasteiger partial charge in [0.2, 0.25) is 0 Å². The smallest absolute Gasteiger partial charge is 0.260 e. The lowest BCUT2D eigenvalue weighted by Gasteiger charge is -2.26. The van der Waals surface area contributed by atoms with Crippen LogP contribution in [-0.2, 0) is 6.54 Å². The van der Waals surface area contributed by atoms with Gasteiger partial charge in [0.1, 0.15) is 11.4 Å². The molecule has 1 aliphatic heterocycles. The third-order valence-electron chi connectivity index (χ3n) is 4.98. The lowest BCUT2D eigenvalue weighted by Crippen LogP contribution is -3.11. The Labute approximate surface area is 145 Å². The fraction of sp³-hybridized carbons (Fsp3) is 0.368. The second kappa shape index (κ2) is 6.49. The summed E-state index contributed by atoms with van der Waals surface area (Å²) in [6, 6.07) is 10.0.